The Morgan fingerprint density at radius 3 is 1.94 bits per heavy atom. The number of fused-ring (bicyclic) bond motifs is 4. The van der Waals surface area contributed by atoms with E-state index in [2.05, 4.69) is 0 Å². The molecule has 1 heterocycles. The molecule has 3 aliphatic rings. The number of carbonyl (C=O) groups excluding carboxylic acids is 7. The van der Waals surface area contributed by atoms with Gasteiger partial charge in [0.15, 0.2) is 29.6 Å². The Kier molecular flexibility index (Phi) is 9.66. The average molecular weight is 667 g/mol. The van der Waals surface area contributed by atoms with E-state index in [0.29, 0.717) is 12.0 Å². The van der Waals surface area contributed by atoms with Crippen molar-refractivity contribution < 1.29 is 66.7 Å². The van der Waals surface area contributed by atoms with Gasteiger partial charge in [-0.15, -0.1) is 0 Å². The van der Waals surface area contributed by atoms with Gasteiger partial charge in [-0.05, 0) is 36.1 Å². The Balaban J connectivity index is 1.64. The third kappa shape index (κ3) is 6.52. The first-order valence-corrected chi connectivity index (χ1v) is 15.2. The number of carbonyl (C=O) groups is 7. The molecule has 1 aliphatic heterocycles. The molecule has 0 aromatic heterocycles. The second-order valence-electron chi connectivity index (χ2n) is 11.8. The minimum Gasteiger partial charge on any atom is -0.496 e. The van der Waals surface area contributed by atoms with Gasteiger partial charge in [0.25, 0.3) is 0 Å². The molecule has 0 N–H and O–H groups in total. The van der Waals surface area contributed by atoms with Crippen LogP contribution in [0.2, 0.25) is 0 Å². The van der Waals surface area contributed by atoms with E-state index in [9.17, 15) is 33.6 Å². The lowest BCUT2D eigenvalue weighted by Crippen LogP contribution is -2.63. The maximum absolute atomic E-state index is 14.4. The van der Waals surface area contributed by atoms with Crippen molar-refractivity contribution in [1.29, 1.82) is 0 Å². The smallest absolute Gasteiger partial charge is 0.303 e. The topological polar surface area (TPSA) is 184 Å². The summed E-state index contributed by atoms with van der Waals surface area (Å²) in [6, 6.07) is 5.93. The van der Waals surface area contributed by atoms with Gasteiger partial charge in [0.2, 0.25) is 12.4 Å². The van der Waals surface area contributed by atoms with Crippen LogP contribution in [0.15, 0.2) is 24.3 Å². The van der Waals surface area contributed by atoms with Crippen LogP contribution in [-0.4, -0.2) is 85.6 Å². The zero-order chi connectivity index (χ0) is 35.0. The second kappa shape index (κ2) is 13.6. The minimum absolute atomic E-state index is 0.0388. The van der Waals surface area contributed by atoms with Crippen molar-refractivity contribution in [1.82, 2.24) is 0 Å². The monoisotopic (exact) mass is 666 g/mol. The van der Waals surface area contributed by atoms with Gasteiger partial charge in [0.1, 0.15) is 24.2 Å². The Hall–Kier alpha value is -5.11. The van der Waals surface area contributed by atoms with E-state index in [1.54, 1.807) is 6.07 Å². The van der Waals surface area contributed by atoms with Gasteiger partial charge in [0, 0.05) is 50.8 Å². The molecule has 0 spiro atoms. The van der Waals surface area contributed by atoms with Crippen molar-refractivity contribution in [3.63, 3.8) is 0 Å². The molecule has 2 aliphatic carbocycles. The fourth-order valence-corrected chi connectivity index (χ4v) is 6.38. The molecular weight excluding hydrogens is 632 g/mol. The minimum atomic E-state index is -1.68. The molecule has 2 aromatic rings. The quantitative estimate of drug-likeness (QED) is 0.252. The van der Waals surface area contributed by atoms with Gasteiger partial charge in [-0.25, -0.2) is 0 Å². The summed E-state index contributed by atoms with van der Waals surface area (Å²) in [5, 5.41) is 0. The van der Waals surface area contributed by atoms with Crippen LogP contribution in [-0.2, 0) is 49.3 Å². The zero-order valence-corrected chi connectivity index (χ0v) is 27.1. The molecule has 0 unspecified atom stereocenters. The predicted molar refractivity (Wildman–Crippen MR) is 161 cm³/mol. The molecule has 6 atom stereocenters. The van der Waals surface area contributed by atoms with Crippen molar-refractivity contribution in [3.8, 4) is 11.5 Å². The normalized spacial score (nSPS) is 24.3. The second-order valence-corrected chi connectivity index (χ2v) is 11.8. The Bertz CT molecular complexity index is 1720. The SMILES string of the molecule is COc1ccc(O[C@@H]2O[C@H](COC(C)=O)[C@@H](OC(C)=O)[C@H](OC(C)=O)[C@H]2OC(C)=O)c2c1C(=O)c1ccc3c(c1C2=O)C(=O)C[C@@H](C)C3. The third-order valence-corrected chi connectivity index (χ3v) is 8.14. The van der Waals surface area contributed by atoms with E-state index in [1.807, 2.05) is 6.92 Å². The Morgan fingerprint density at radius 2 is 1.31 bits per heavy atom. The van der Waals surface area contributed by atoms with Gasteiger partial charge in [-0.2, -0.15) is 0 Å². The Morgan fingerprint density at radius 1 is 0.708 bits per heavy atom. The predicted octanol–water partition coefficient (Wildman–Crippen LogP) is 2.70. The van der Waals surface area contributed by atoms with Crippen molar-refractivity contribution in [2.45, 2.75) is 78.2 Å². The molecule has 2 aromatic carbocycles. The molecule has 14 nitrogen and oxygen atoms in total. The molecule has 0 saturated carbocycles. The van der Waals surface area contributed by atoms with E-state index in [0.717, 1.165) is 27.7 Å². The highest BCUT2D eigenvalue weighted by Crippen LogP contribution is 2.43. The molecular formula is C34H34O14. The first kappa shape index (κ1) is 34.2. The summed E-state index contributed by atoms with van der Waals surface area (Å²) < 4.78 is 39.2. The highest BCUT2D eigenvalue weighted by atomic mass is 16.7. The van der Waals surface area contributed by atoms with Crippen LogP contribution in [0.25, 0.3) is 0 Å². The number of methoxy groups -OCH3 is 1. The van der Waals surface area contributed by atoms with Crippen LogP contribution in [0.1, 0.15) is 88.8 Å². The van der Waals surface area contributed by atoms with Crippen LogP contribution in [0.5, 0.6) is 11.5 Å². The molecule has 14 heteroatoms. The number of benzene rings is 2. The summed E-state index contributed by atoms with van der Waals surface area (Å²) in [6.45, 7) is 5.79. The highest BCUT2D eigenvalue weighted by molar-refractivity contribution is 6.32. The number of ether oxygens (including phenoxy) is 7. The van der Waals surface area contributed by atoms with Crippen molar-refractivity contribution in [2.24, 2.45) is 5.92 Å². The first-order valence-electron chi connectivity index (χ1n) is 15.2. The highest BCUT2D eigenvalue weighted by Gasteiger charge is 2.54. The first-order chi connectivity index (χ1) is 22.7. The summed E-state index contributed by atoms with van der Waals surface area (Å²) in [5.41, 5.74) is 0.440. The van der Waals surface area contributed by atoms with Crippen LogP contribution >= 0.6 is 0 Å². The molecule has 48 heavy (non-hydrogen) atoms. The van der Waals surface area contributed by atoms with Gasteiger partial charge >= 0.3 is 23.9 Å². The summed E-state index contributed by atoms with van der Waals surface area (Å²) >= 11 is 0. The molecule has 0 amide bonds. The van der Waals surface area contributed by atoms with E-state index in [4.69, 9.17) is 33.2 Å². The molecule has 1 fully saturated rings. The van der Waals surface area contributed by atoms with E-state index in [-0.39, 0.29) is 57.4 Å². The van der Waals surface area contributed by atoms with Crippen LogP contribution in [0, 0.1) is 5.92 Å². The molecule has 0 bridgehead atoms. The van der Waals surface area contributed by atoms with E-state index < -0.39 is 72.8 Å². The van der Waals surface area contributed by atoms with Crippen LogP contribution in [0.4, 0.5) is 0 Å². The largest absolute Gasteiger partial charge is 0.496 e. The lowest BCUT2D eigenvalue weighted by molar-refractivity contribution is -0.288. The Labute approximate surface area is 274 Å². The van der Waals surface area contributed by atoms with Crippen molar-refractivity contribution in [3.05, 3.63) is 57.6 Å². The standard InChI is InChI=1S/C34H34O14/c1-14-11-19-7-8-20-26(25(19)21(39)12-14)30(41)28-23(10-9-22(42-6)27(28)29(20)40)47-34-33(46-18(5)38)32(45-17(4)37)31(44-16(3)36)24(48-34)13-43-15(2)35/h7-10,14,24,31-34H,11-13H2,1-6H3/t14-,24+,31+,32-,33+,34+/m0/s1. The number of ketones is 3. The van der Waals surface area contributed by atoms with Crippen LogP contribution < -0.4 is 9.47 Å². The number of rotatable bonds is 8. The lowest BCUT2D eigenvalue weighted by atomic mass is 9.74. The lowest BCUT2D eigenvalue weighted by Gasteiger charge is -2.44. The molecule has 0 radical (unpaired) electrons. The van der Waals surface area contributed by atoms with E-state index in [1.165, 1.54) is 25.3 Å². The maximum atomic E-state index is 14.4. The fourth-order valence-electron chi connectivity index (χ4n) is 6.38. The zero-order valence-electron chi connectivity index (χ0n) is 27.1. The third-order valence-electron chi connectivity index (χ3n) is 8.14. The number of hydrogen-bond donors (Lipinski definition) is 0. The van der Waals surface area contributed by atoms with Crippen molar-refractivity contribution >= 4 is 41.2 Å². The number of hydrogen-bond acceptors (Lipinski definition) is 14. The summed E-state index contributed by atoms with van der Waals surface area (Å²) in [5.74, 6) is -4.87. The molecule has 254 valence electrons. The van der Waals surface area contributed by atoms with Gasteiger partial charge in [-0.1, -0.05) is 13.0 Å². The maximum Gasteiger partial charge on any atom is 0.303 e. The van der Waals surface area contributed by atoms with Crippen LogP contribution in [0.3, 0.4) is 0 Å². The van der Waals surface area contributed by atoms with Gasteiger partial charge in [-0.3, -0.25) is 33.6 Å². The fraction of sp³-hybridized carbons (Fsp3) is 0.441. The van der Waals surface area contributed by atoms with Crippen molar-refractivity contribution in [2.75, 3.05) is 13.7 Å². The number of esters is 4. The summed E-state index contributed by atoms with van der Waals surface area (Å²) in [7, 11) is 1.32. The summed E-state index contributed by atoms with van der Waals surface area (Å²) in [4.78, 5) is 90.1. The molecule has 1 saturated heterocycles. The van der Waals surface area contributed by atoms with E-state index >= 15 is 0 Å². The summed E-state index contributed by atoms with van der Waals surface area (Å²) in [6.07, 6.45) is -6.83. The average Bonchev–Trinajstić information content (AvgIpc) is 3.00. The van der Waals surface area contributed by atoms with Gasteiger partial charge in [0.05, 0.1) is 18.2 Å². The molecule has 5 rings (SSSR count). The number of Topliss-reactive ketones (excluding diaryl/α,β-unsaturated/α-hetero) is 1. The van der Waals surface area contributed by atoms with Gasteiger partial charge < -0.3 is 33.2 Å².